The number of thiophene rings is 1. The second-order valence-electron chi connectivity index (χ2n) is 7.81. The molecule has 0 unspecified atom stereocenters. The first-order valence-corrected chi connectivity index (χ1v) is 9.91. The molecular weight excluding hydrogens is 360 g/mol. The number of aryl methyl sites for hydroxylation is 1. The van der Waals surface area contributed by atoms with Crippen molar-refractivity contribution in [3.8, 4) is 11.3 Å². The number of aliphatic hydroxyl groups is 1. The molecule has 6 nitrogen and oxygen atoms in total. The molecule has 4 aromatic rings. The van der Waals surface area contributed by atoms with Gasteiger partial charge in [0.25, 0.3) is 0 Å². The Kier molecular flexibility index (Phi) is 2.98. The summed E-state index contributed by atoms with van der Waals surface area (Å²) < 4.78 is 7.44. The van der Waals surface area contributed by atoms with Gasteiger partial charge in [-0.05, 0) is 24.3 Å². The quantitative estimate of drug-likeness (QED) is 0.579. The zero-order chi connectivity index (χ0) is 18.2. The average Bonchev–Trinajstić information content (AvgIpc) is 3.18. The van der Waals surface area contributed by atoms with E-state index < -0.39 is 5.60 Å². The van der Waals surface area contributed by atoms with E-state index in [1.165, 1.54) is 0 Å². The van der Waals surface area contributed by atoms with Gasteiger partial charge in [-0.25, -0.2) is 9.97 Å². The van der Waals surface area contributed by atoms with Crippen LogP contribution in [0.25, 0.3) is 32.5 Å². The van der Waals surface area contributed by atoms with E-state index in [-0.39, 0.29) is 5.60 Å². The normalized spacial score (nSPS) is 27.2. The Hall–Kier alpha value is -2.35. The first-order valence-electron chi connectivity index (χ1n) is 9.09. The summed E-state index contributed by atoms with van der Waals surface area (Å²) in [5.41, 5.74) is 1.77. The van der Waals surface area contributed by atoms with Crippen LogP contribution in [0.2, 0.25) is 0 Å². The fraction of sp³-hybridized carbons (Fsp3) is 0.350. The van der Waals surface area contributed by atoms with Crippen molar-refractivity contribution < 1.29 is 9.84 Å². The van der Waals surface area contributed by atoms with Crippen molar-refractivity contribution >= 4 is 32.6 Å². The van der Waals surface area contributed by atoms with Crippen LogP contribution < -0.4 is 0 Å². The zero-order valence-electron chi connectivity index (χ0n) is 14.8. The molecule has 1 spiro atoms. The summed E-state index contributed by atoms with van der Waals surface area (Å²) in [6, 6.07) is 8.22. The van der Waals surface area contributed by atoms with Crippen molar-refractivity contribution in [3.63, 3.8) is 0 Å². The third-order valence-electron chi connectivity index (χ3n) is 5.81. The summed E-state index contributed by atoms with van der Waals surface area (Å²) in [7, 11) is 1.89. The van der Waals surface area contributed by atoms with Gasteiger partial charge in [-0.1, -0.05) is 0 Å². The molecule has 136 valence electrons. The molecule has 5 heterocycles. The highest BCUT2D eigenvalue weighted by Gasteiger charge is 2.59. The Morgan fingerprint density at radius 2 is 2.07 bits per heavy atom. The molecule has 0 atom stereocenters. The molecule has 27 heavy (non-hydrogen) atoms. The van der Waals surface area contributed by atoms with Crippen LogP contribution in [0.5, 0.6) is 0 Å². The maximum atomic E-state index is 11.0. The van der Waals surface area contributed by atoms with Gasteiger partial charge in [-0.2, -0.15) is 5.10 Å². The number of nitrogens with zero attached hydrogens (tertiary/aromatic N) is 4. The molecule has 2 aliphatic rings. The second-order valence-corrected chi connectivity index (χ2v) is 8.84. The van der Waals surface area contributed by atoms with Crippen LogP contribution in [-0.4, -0.2) is 37.1 Å². The maximum absolute atomic E-state index is 11.0. The van der Waals surface area contributed by atoms with Crippen LogP contribution in [0.3, 0.4) is 0 Å². The van der Waals surface area contributed by atoms with Gasteiger partial charge >= 0.3 is 0 Å². The van der Waals surface area contributed by atoms with Crippen molar-refractivity contribution in [2.75, 3.05) is 6.61 Å². The standard InChI is InChI=1S/C20H18N4O2S/c1-24-9-14-6-13(8-21-17(14)23-24)15-3-2-12-7-16(27-18(12)22-15)20(25)10-19(11-20)4-5-26-19/h2-3,6-9,25H,4-5,10-11H2,1H3. The van der Waals surface area contributed by atoms with Crippen molar-refractivity contribution in [3.05, 3.63) is 41.5 Å². The molecule has 0 aromatic carbocycles. The van der Waals surface area contributed by atoms with Gasteiger partial charge in [-0.15, -0.1) is 11.3 Å². The first-order chi connectivity index (χ1) is 13.0. The van der Waals surface area contributed by atoms with E-state index in [1.807, 2.05) is 25.5 Å². The summed E-state index contributed by atoms with van der Waals surface area (Å²) in [4.78, 5) is 11.2. The maximum Gasteiger partial charge on any atom is 0.181 e. The molecule has 1 N–H and O–H groups in total. The molecule has 0 bridgehead atoms. The SMILES string of the molecule is Cn1cc2cc(-c3ccc4cc(C5(O)CC6(CCO6)C5)sc4n3)cnc2n1. The predicted molar refractivity (Wildman–Crippen MR) is 104 cm³/mol. The minimum absolute atomic E-state index is 0.0612. The number of hydrogen-bond acceptors (Lipinski definition) is 6. The second kappa shape index (κ2) is 5.13. The first kappa shape index (κ1) is 15.7. The van der Waals surface area contributed by atoms with E-state index in [0.717, 1.165) is 50.4 Å². The monoisotopic (exact) mass is 378 g/mol. The lowest BCUT2D eigenvalue weighted by molar-refractivity contribution is -0.270. The van der Waals surface area contributed by atoms with Crippen molar-refractivity contribution in [2.24, 2.45) is 7.05 Å². The topological polar surface area (TPSA) is 73.1 Å². The van der Waals surface area contributed by atoms with Gasteiger partial charge in [0, 0.05) is 59.9 Å². The Bertz CT molecular complexity index is 1200. The number of ether oxygens (including phenoxy) is 1. The molecule has 1 saturated carbocycles. The third-order valence-corrected chi connectivity index (χ3v) is 7.04. The smallest absolute Gasteiger partial charge is 0.181 e. The Labute approximate surface area is 159 Å². The summed E-state index contributed by atoms with van der Waals surface area (Å²) in [6.07, 6.45) is 6.22. The van der Waals surface area contributed by atoms with Crippen LogP contribution in [0, 0.1) is 0 Å². The van der Waals surface area contributed by atoms with Gasteiger partial charge in [0.05, 0.1) is 17.9 Å². The Balaban J connectivity index is 1.37. The van der Waals surface area contributed by atoms with E-state index in [2.05, 4.69) is 28.3 Å². The summed E-state index contributed by atoms with van der Waals surface area (Å²) >= 11 is 1.58. The van der Waals surface area contributed by atoms with E-state index >= 15 is 0 Å². The molecule has 7 heteroatoms. The molecule has 0 amide bonds. The fourth-order valence-electron chi connectivity index (χ4n) is 4.34. The number of hydrogen-bond donors (Lipinski definition) is 1. The van der Waals surface area contributed by atoms with Gasteiger partial charge in [0.15, 0.2) is 5.65 Å². The average molecular weight is 378 g/mol. The number of pyridine rings is 2. The van der Waals surface area contributed by atoms with Crippen LogP contribution in [0.1, 0.15) is 24.1 Å². The lowest BCUT2D eigenvalue weighted by Gasteiger charge is -2.57. The molecular formula is C20H18N4O2S. The van der Waals surface area contributed by atoms with Crippen LogP contribution in [0.15, 0.2) is 36.7 Å². The fourth-order valence-corrected chi connectivity index (χ4v) is 5.46. The zero-order valence-corrected chi connectivity index (χ0v) is 15.7. The highest BCUT2D eigenvalue weighted by molar-refractivity contribution is 7.18. The third kappa shape index (κ3) is 2.29. The van der Waals surface area contributed by atoms with Crippen molar-refractivity contribution in [1.29, 1.82) is 0 Å². The lowest BCUT2D eigenvalue weighted by Crippen LogP contribution is -2.61. The van der Waals surface area contributed by atoms with Crippen LogP contribution in [-0.2, 0) is 17.4 Å². The molecule has 2 fully saturated rings. The summed E-state index contributed by atoms with van der Waals surface area (Å²) in [6.45, 7) is 0.822. The van der Waals surface area contributed by atoms with Gasteiger partial charge in [-0.3, -0.25) is 4.68 Å². The van der Waals surface area contributed by atoms with Gasteiger partial charge in [0.1, 0.15) is 10.4 Å². The lowest BCUT2D eigenvalue weighted by atomic mass is 9.63. The van der Waals surface area contributed by atoms with Crippen LogP contribution in [0.4, 0.5) is 0 Å². The molecule has 4 aromatic heterocycles. The molecule has 1 aliphatic heterocycles. The van der Waals surface area contributed by atoms with Gasteiger partial charge in [0.2, 0.25) is 0 Å². The Morgan fingerprint density at radius 3 is 2.85 bits per heavy atom. The minimum Gasteiger partial charge on any atom is -0.384 e. The summed E-state index contributed by atoms with van der Waals surface area (Å²) in [5, 5.41) is 17.4. The molecule has 1 saturated heterocycles. The Morgan fingerprint density at radius 1 is 1.22 bits per heavy atom. The highest BCUT2D eigenvalue weighted by atomic mass is 32.1. The number of fused-ring (bicyclic) bond motifs is 2. The summed E-state index contributed by atoms with van der Waals surface area (Å²) in [5.74, 6) is 0. The predicted octanol–water partition coefficient (Wildman–Crippen LogP) is 3.39. The molecule has 0 radical (unpaired) electrons. The van der Waals surface area contributed by atoms with Crippen molar-refractivity contribution in [2.45, 2.75) is 30.5 Å². The van der Waals surface area contributed by atoms with E-state index in [4.69, 9.17) is 9.72 Å². The van der Waals surface area contributed by atoms with E-state index in [1.54, 1.807) is 16.0 Å². The molecule has 1 aliphatic carbocycles. The number of aromatic nitrogens is 4. The van der Waals surface area contributed by atoms with Gasteiger partial charge < -0.3 is 9.84 Å². The largest absolute Gasteiger partial charge is 0.384 e. The van der Waals surface area contributed by atoms with E-state index in [9.17, 15) is 5.11 Å². The number of rotatable bonds is 2. The minimum atomic E-state index is -0.762. The van der Waals surface area contributed by atoms with Crippen LogP contribution >= 0.6 is 11.3 Å². The van der Waals surface area contributed by atoms with E-state index in [0.29, 0.717) is 12.8 Å². The van der Waals surface area contributed by atoms with Crippen molar-refractivity contribution in [1.82, 2.24) is 19.7 Å². The highest BCUT2D eigenvalue weighted by Crippen LogP contribution is 2.57. The molecule has 6 rings (SSSR count).